The maximum atomic E-state index is 14.1. The summed E-state index contributed by atoms with van der Waals surface area (Å²) in [7, 11) is 1.64. The van der Waals surface area contributed by atoms with Crippen molar-refractivity contribution >= 4 is 33.4 Å². The fraction of sp³-hybridized carbons (Fsp3) is 0.135. The van der Waals surface area contributed by atoms with E-state index >= 15 is 0 Å². The Kier molecular flexibility index (Phi) is 7.87. The molecule has 0 saturated carbocycles. The molecule has 214 valence electrons. The Labute approximate surface area is 260 Å². The van der Waals surface area contributed by atoms with Crippen molar-refractivity contribution in [3.8, 4) is 5.75 Å². The zero-order chi connectivity index (χ0) is 30.0. The number of amidine groups is 1. The molecule has 5 aromatic carbocycles. The Hall–Kier alpha value is -4.68. The summed E-state index contributed by atoms with van der Waals surface area (Å²) in [6.07, 6.45) is 0. The van der Waals surface area contributed by atoms with Gasteiger partial charge < -0.3 is 14.6 Å². The molecule has 2 unspecified atom stereocenters. The van der Waals surface area contributed by atoms with Gasteiger partial charge in [0.1, 0.15) is 18.0 Å². The lowest BCUT2D eigenvalue weighted by molar-refractivity contribution is -0.622. The highest BCUT2D eigenvalue weighted by molar-refractivity contribution is 9.10. The normalized spacial score (nSPS) is 18.1. The molecule has 6 rings (SSSR count). The maximum absolute atomic E-state index is 14.1. The van der Waals surface area contributed by atoms with Crippen molar-refractivity contribution in [2.24, 2.45) is 0 Å². The molecule has 0 radical (unpaired) electrons. The molecule has 0 amide bonds. The Bertz CT molecular complexity index is 1750. The van der Waals surface area contributed by atoms with Crippen LogP contribution >= 0.6 is 15.9 Å². The molecular weight excluding hydrogens is 600 g/mol. The van der Waals surface area contributed by atoms with Gasteiger partial charge in [0.05, 0.1) is 18.6 Å². The molecule has 0 bridgehead atoms. The van der Waals surface area contributed by atoms with Crippen molar-refractivity contribution in [1.82, 2.24) is 0 Å². The minimum atomic E-state index is -1.61. The van der Waals surface area contributed by atoms with Crippen LogP contribution < -0.4 is 14.7 Å². The molecule has 0 spiro atoms. The summed E-state index contributed by atoms with van der Waals surface area (Å²) in [6, 6.07) is 42.8. The van der Waals surface area contributed by atoms with E-state index in [1.165, 1.54) is 0 Å². The summed E-state index contributed by atoms with van der Waals surface area (Å²) in [5.41, 5.74) is 3.64. The summed E-state index contributed by atoms with van der Waals surface area (Å²) >= 11 is 3.57. The SMILES string of the molecule is COc1ccc(C2=[N+](Cc3ccccc3)C(C(=O)[O-])(c3ccc(C)cc3)C(c3ccc(Br)cc3)N2c2ccccc2)cc1. The quantitative estimate of drug-likeness (QED) is 0.181. The van der Waals surface area contributed by atoms with Gasteiger partial charge in [-0.15, -0.1) is 0 Å². The average molecular weight is 632 g/mol. The highest BCUT2D eigenvalue weighted by atomic mass is 79.9. The molecule has 0 saturated heterocycles. The smallest absolute Gasteiger partial charge is 0.286 e. The molecule has 0 fully saturated rings. The first-order valence-corrected chi connectivity index (χ1v) is 14.9. The van der Waals surface area contributed by atoms with Crippen molar-refractivity contribution in [3.05, 3.63) is 166 Å². The van der Waals surface area contributed by atoms with Crippen molar-refractivity contribution < 1.29 is 19.2 Å². The number of benzene rings is 5. The second-order valence-corrected chi connectivity index (χ2v) is 11.6. The first-order chi connectivity index (χ1) is 20.9. The minimum absolute atomic E-state index is 0.334. The van der Waals surface area contributed by atoms with E-state index in [1.807, 2.05) is 145 Å². The third-order valence-corrected chi connectivity index (χ3v) is 8.65. The number of carboxylic acid groups (broad SMARTS) is 1. The fourth-order valence-electron chi connectivity index (χ4n) is 6.11. The van der Waals surface area contributed by atoms with Gasteiger partial charge in [0.25, 0.3) is 5.84 Å². The second kappa shape index (κ2) is 11.9. The predicted octanol–water partition coefficient (Wildman–Crippen LogP) is 6.63. The average Bonchev–Trinajstić information content (AvgIpc) is 3.34. The summed E-state index contributed by atoms with van der Waals surface area (Å²) in [6.45, 7) is 2.34. The number of ether oxygens (including phenoxy) is 1. The van der Waals surface area contributed by atoms with Crippen LogP contribution in [0.3, 0.4) is 0 Å². The predicted molar refractivity (Wildman–Crippen MR) is 171 cm³/mol. The Morgan fingerprint density at radius 1 is 0.837 bits per heavy atom. The number of carbonyl (C=O) groups excluding carboxylic acids is 1. The maximum Gasteiger partial charge on any atom is 0.286 e. The zero-order valence-corrected chi connectivity index (χ0v) is 25.6. The molecule has 43 heavy (non-hydrogen) atoms. The minimum Gasteiger partial charge on any atom is -0.545 e. The molecular formula is C37H31BrN2O3. The number of hydrogen-bond donors (Lipinski definition) is 0. The molecule has 5 nitrogen and oxygen atoms in total. The number of aliphatic carboxylic acids is 1. The Morgan fingerprint density at radius 3 is 2.02 bits per heavy atom. The largest absolute Gasteiger partial charge is 0.545 e. The van der Waals surface area contributed by atoms with Crippen LogP contribution in [0.1, 0.15) is 33.9 Å². The van der Waals surface area contributed by atoms with Crippen molar-refractivity contribution in [2.75, 3.05) is 12.0 Å². The van der Waals surface area contributed by atoms with E-state index in [4.69, 9.17) is 4.74 Å². The molecule has 5 aromatic rings. The summed E-state index contributed by atoms with van der Waals surface area (Å²) in [5.74, 6) is 0.303. The topological polar surface area (TPSA) is 55.6 Å². The highest BCUT2D eigenvalue weighted by Crippen LogP contribution is 2.50. The van der Waals surface area contributed by atoms with Crippen LogP contribution in [0.5, 0.6) is 5.75 Å². The molecule has 0 aliphatic carbocycles. The van der Waals surface area contributed by atoms with E-state index in [0.717, 1.165) is 44.0 Å². The van der Waals surface area contributed by atoms with Gasteiger partial charge in [-0.25, -0.2) is 9.48 Å². The number of nitrogens with zero attached hydrogens (tertiary/aromatic N) is 2. The third-order valence-electron chi connectivity index (χ3n) is 8.12. The van der Waals surface area contributed by atoms with Crippen LogP contribution in [0.4, 0.5) is 5.69 Å². The van der Waals surface area contributed by atoms with Gasteiger partial charge >= 0.3 is 0 Å². The molecule has 2 atom stereocenters. The molecule has 1 aliphatic rings. The van der Waals surface area contributed by atoms with Crippen LogP contribution in [-0.2, 0) is 16.9 Å². The standard InChI is InChI=1S/C37H31BrN2O3/c1-26-13-19-30(20-14-26)37(36(41)42)34(28-15-21-31(38)22-16-28)40(32-11-7-4-8-12-32)35(29-17-23-33(43-2)24-18-29)39(37)25-27-9-5-3-6-10-27/h3-24,34H,25H2,1-2H3. The number of methoxy groups -OCH3 is 1. The van der Waals surface area contributed by atoms with Crippen molar-refractivity contribution in [1.29, 1.82) is 0 Å². The fourth-order valence-corrected chi connectivity index (χ4v) is 6.38. The first kappa shape index (κ1) is 28.4. The lowest BCUT2D eigenvalue weighted by Crippen LogP contribution is -2.56. The molecule has 0 N–H and O–H groups in total. The highest BCUT2D eigenvalue weighted by Gasteiger charge is 2.63. The van der Waals surface area contributed by atoms with E-state index in [9.17, 15) is 9.90 Å². The number of aryl methyl sites for hydroxylation is 1. The zero-order valence-electron chi connectivity index (χ0n) is 24.0. The Morgan fingerprint density at radius 2 is 1.44 bits per heavy atom. The molecule has 1 heterocycles. The van der Waals surface area contributed by atoms with Crippen LogP contribution in [0.15, 0.2) is 138 Å². The van der Waals surface area contributed by atoms with Crippen molar-refractivity contribution in [2.45, 2.75) is 25.0 Å². The van der Waals surface area contributed by atoms with Gasteiger partial charge in [-0.3, -0.25) is 0 Å². The van der Waals surface area contributed by atoms with E-state index in [0.29, 0.717) is 12.1 Å². The number of rotatable bonds is 8. The van der Waals surface area contributed by atoms with E-state index in [-0.39, 0.29) is 0 Å². The number of anilines is 1. The number of para-hydroxylation sites is 1. The van der Waals surface area contributed by atoms with Crippen molar-refractivity contribution in [3.63, 3.8) is 0 Å². The van der Waals surface area contributed by atoms with Gasteiger partial charge in [0.2, 0.25) is 5.54 Å². The summed E-state index contributed by atoms with van der Waals surface area (Å²) in [5, 5.41) is 14.1. The van der Waals surface area contributed by atoms with Gasteiger partial charge in [0.15, 0.2) is 6.04 Å². The van der Waals surface area contributed by atoms with Crippen LogP contribution in [-0.4, -0.2) is 23.5 Å². The molecule has 6 heteroatoms. The van der Waals surface area contributed by atoms with Gasteiger partial charge in [-0.05, 0) is 61.0 Å². The van der Waals surface area contributed by atoms with Crippen LogP contribution in [0, 0.1) is 6.92 Å². The van der Waals surface area contributed by atoms with Crippen LogP contribution in [0.25, 0.3) is 0 Å². The van der Waals surface area contributed by atoms with Gasteiger partial charge in [0, 0.05) is 15.6 Å². The van der Waals surface area contributed by atoms with Gasteiger partial charge in [-0.1, -0.05) is 106 Å². The number of carbonyl (C=O) groups is 1. The van der Waals surface area contributed by atoms with E-state index < -0.39 is 17.6 Å². The lowest BCUT2D eigenvalue weighted by atomic mass is 9.78. The molecule has 0 aromatic heterocycles. The van der Waals surface area contributed by atoms with Gasteiger partial charge in [-0.2, -0.15) is 0 Å². The van der Waals surface area contributed by atoms with E-state index in [1.54, 1.807) is 7.11 Å². The lowest BCUT2D eigenvalue weighted by Gasteiger charge is -2.37. The number of hydrogen-bond acceptors (Lipinski definition) is 4. The first-order valence-electron chi connectivity index (χ1n) is 14.1. The second-order valence-electron chi connectivity index (χ2n) is 10.7. The van der Waals surface area contributed by atoms with Crippen LogP contribution in [0.2, 0.25) is 0 Å². The monoisotopic (exact) mass is 630 g/mol. The number of halogens is 1. The van der Waals surface area contributed by atoms with E-state index in [2.05, 4.69) is 20.8 Å². The summed E-state index contributed by atoms with van der Waals surface area (Å²) < 4.78 is 8.41. The molecule has 1 aliphatic heterocycles. The summed E-state index contributed by atoms with van der Waals surface area (Å²) in [4.78, 5) is 16.2. The Balaban J connectivity index is 1.77. The number of carboxylic acids is 1. The third kappa shape index (κ3) is 5.12.